The van der Waals surface area contributed by atoms with Crippen molar-refractivity contribution in [1.29, 1.82) is 0 Å². The molecule has 0 bridgehead atoms. The van der Waals surface area contributed by atoms with E-state index in [4.69, 9.17) is 14.2 Å². The number of nitrogens with zero attached hydrogens (tertiary/aromatic N) is 2. The van der Waals surface area contributed by atoms with E-state index in [1.807, 2.05) is 26.0 Å². The summed E-state index contributed by atoms with van der Waals surface area (Å²) >= 11 is 0. The lowest BCUT2D eigenvalue weighted by Crippen LogP contribution is -2.24. The smallest absolute Gasteiger partial charge is 0.310 e. The van der Waals surface area contributed by atoms with Gasteiger partial charge in [-0.3, -0.25) is 14.9 Å². The van der Waals surface area contributed by atoms with Gasteiger partial charge in [0, 0.05) is 23.6 Å². The number of ether oxygens (including phenoxy) is 3. The molecule has 9 nitrogen and oxygen atoms in total. The highest BCUT2D eigenvalue weighted by atomic mass is 16.6. The molecule has 0 unspecified atom stereocenters. The van der Waals surface area contributed by atoms with Crippen molar-refractivity contribution in [3.05, 3.63) is 57.6 Å². The zero-order valence-electron chi connectivity index (χ0n) is 16.1. The Morgan fingerprint density at radius 2 is 2.14 bits per heavy atom. The number of amides is 1. The number of hydrazone groups is 1. The maximum absolute atomic E-state index is 12.0. The fraction of sp³-hybridized carbons (Fsp3) is 0.300. The second-order valence-electron chi connectivity index (χ2n) is 6.37. The number of rotatable bonds is 8. The Kier molecular flexibility index (Phi) is 6.28. The van der Waals surface area contributed by atoms with Crippen LogP contribution in [0.15, 0.2) is 41.5 Å². The van der Waals surface area contributed by atoms with Crippen LogP contribution in [0.3, 0.4) is 0 Å². The Morgan fingerprint density at radius 1 is 1.34 bits per heavy atom. The van der Waals surface area contributed by atoms with Gasteiger partial charge in [-0.25, -0.2) is 5.43 Å². The van der Waals surface area contributed by atoms with Crippen LogP contribution < -0.4 is 19.6 Å². The van der Waals surface area contributed by atoms with Crippen molar-refractivity contribution in [2.24, 2.45) is 5.10 Å². The van der Waals surface area contributed by atoms with Crippen LogP contribution in [0.4, 0.5) is 5.69 Å². The molecule has 3 rings (SSSR count). The number of hydrogen-bond donors (Lipinski definition) is 1. The highest BCUT2D eigenvalue weighted by Crippen LogP contribution is 2.34. The van der Waals surface area contributed by atoms with Crippen LogP contribution in [0.1, 0.15) is 25.0 Å². The van der Waals surface area contributed by atoms with Gasteiger partial charge in [-0.05, 0) is 32.0 Å². The molecule has 1 N–H and O–H groups in total. The molecule has 1 amide bonds. The minimum atomic E-state index is -0.572. The third-order valence-electron chi connectivity index (χ3n) is 4.14. The summed E-state index contributed by atoms with van der Waals surface area (Å²) in [7, 11) is 0. The Bertz CT molecular complexity index is 944. The largest absolute Gasteiger partial charge is 0.493 e. The van der Waals surface area contributed by atoms with Gasteiger partial charge in [-0.1, -0.05) is 12.1 Å². The standard InChI is InChI=1S/C20H21N3O6/c1-3-27-18-9-14-8-13(2)29-19(14)10-15(18)11-21-22-20(24)12-28-17-7-5-4-6-16(17)23(25)26/h4-7,9-11,13H,3,8,12H2,1-2H3,(H,22,24)/b21-11-/t13-/m0/s1. The maximum Gasteiger partial charge on any atom is 0.310 e. The predicted octanol–water partition coefficient (Wildman–Crippen LogP) is 2.85. The third kappa shape index (κ3) is 5.01. The lowest BCUT2D eigenvalue weighted by atomic mass is 10.1. The first kappa shape index (κ1) is 20.1. The van der Waals surface area contributed by atoms with Gasteiger partial charge in [0.2, 0.25) is 0 Å². The SMILES string of the molecule is CCOc1cc2c(cc1/C=N\NC(=O)COc1ccccc1[N+](=O)[O-])O[C@@H](C)C2. The van der Waals surface area contributed by atoms with E-state index in [1.165, 1.54) is 24.4 Å². The molecule has 0 aliphatic carbocycles. The Hall–Kier alpha value is -3.62. The van der Waals surface area contributed by atoms with Crippen LogP contribution >= 0.6 is 0 Å². The summed E-state index contributed by atoms with van der Waals surface area (Å²) < 4.78 is 16.6. The van der Waals surface area contributed by atoms with E-state index in [1.54, 1.807) is 6.07 Å². The maximum atomic E-state index is 12.0. The monoisotopic (exact) mass is 399 g/mol. The van der Waals surface area contributed by atoms with Crippen molar-refractivity contribution >= 4 is 17.8 Å². The number of nitrogens with one attached hydrogen (secondary N) is 1. The predicted molar refractivity (Wildman–Crippen MR) is 106 cm³/mol. The van der Waals surface area contributed by atoms with Crippen LogP contribution in [0.25, 0.3) is 0 Å². The Labute approximate surface area is 167 Å². The van der Waals surface area contributed by atoms with Crippen molar-refractivity contribution in [3.63, 3.8) is 0 Å². The van der Waals surface area contributed by atoms with Gasteiger partial charge in [0.15, 0.2) is 12.4 Å². The van der Waals surface area contributed by atoms with Gasteiger partial charge in [0.25, 0.3) is 5.91 Å². The minimum absolute atomic E-state index is 0.0140. The van der Waals surface area contributed by atoms with Gasteiger partial charge in [0.1, 0.15) is 17.6 Å². The molecule has 0 spiro atoms. The summed E-state index contributed by atoms with van der Waals surface area (Å²) in [6, 6.07) is 9.58. The molecule has 1 aliphatic heterocycles. The molecule has 0 fully saturated rings. The van der Waals surface area contributed by atoms with Crippen molar-refractivity contribution < 1.29 is 23.9 Å². The molecular formula is C20H21N3O6. The lowest BCUT2D eigenvalue weighted by molar-refractivity contribution is -0.385. The molecule has 0 aromatic heterocycles. The number of hydrogen-bond acceptors (Lipinski definition) is 7. The van der Waals surface area contributed by atoms with Gasteiger partial charge < -0.3 is 14.2 Å². The summed E-state index contributed by atoms with van der Waals surface area (Å²) in [6.07, 6.45) is 2.37. The van der Waals surface area contributed by atoms with E-state index in [2.05, 4.69) is 10.5 Å². The van der Waals surface area contributed by atoms with Crippen molar-refractivity contribution in [2.75, 3.05) is 13.2 Å². The summed E-state index contributed by atoms with van der Waals surface area (Å²) in [5.74, 6) is 0.884. The summed E-state index contributed by atoms with van der Waals surface area (Å²) in [5.41, 5.74) is 3.86. The third-order valence-corrected chi connectivity index (χ3v) is 4.14. The first-order valence-electron chi connectivity index (χ1n) is 9.12. The lowest BCUT2D eigenvalue weighted by Gasteiger charge is -2.09. The van der Waals surface area contributed by atoms with Gasteiger partial charge in [-0.15, -0.1) is 0 Å². The fourth-order valence-corrected chi connectivity index (χ4v) is 2.92. The number of nitro benzene ring substituents is 1. The zero-order chi connectivity index (χ0) is 20.8. The normalized spacial score (nSPS) is 14.9. The molecule has 1 heterocycles. The van der Waals surface area contributed by atoms with Crippen LogP contribution in [-0.2, 0) is 11.2 Å². The number of para-hydroxylation sites is 2. The van der Waals surface area contributed by atoms with Gasteiger partial charge in [-0.2, -0.15) is 5.10 Å². The average Bonchev–Trinajstić information content (AvgIpc) is 3.05. The summed E-state index contributed by atoms with van der Waals surface area (Å²) in [5, 5.41) is 14.9. The molecular weight excluding hydrogens is 378 g/mol. The molecule has 0 saturated heterocycles. The molecule has 2 aromatic rings. The highest BCUT2D eigenvalue weighted by Gasteiger charge is 2.21. The highest BCUT2D eigenvalue weighted by molar-refractivity contribution is 5.86. The zero-order valence-corrected chi connectivity index (χ0v) is 16.1. The van der Waals surface area contributed by atoms with Gasteiger partial charge >= 0.3 is 5.69 Å². The van der Waals surface area contributed by atoms with Crippen LogP contribution in [0, 0.1) is 10.1 Å². The molecule has 0 saturated carbocycles. The van der Waals surface area contributed by atoms with Crippen LogP contribution in [0.2, 0.25) is 0 Å². The van der Waals surface area contributed by atoms with Crippen molar-refractivity contribution in [1.82, 2.24) is 5.43 Å². The second-order valence-corrected chi connectivity index (χ2v) is 6.37. The minimum Gasteiger partial charge on any atom is -0.493 e. The van der Waals surface area contributed by atoms with E-state index in [9.17, 15) is 14.9 Å². The average molecular weight is 399 g/mol. The number of nitro groups is 1. The van der Waals surface area contributed by atoms with E-state index in [0.717, 1.165) is 17.7 Å². The second kappa shape index (κ2) is 9.05. The molecule has 2 aromatic carbocycles. The van der Waals surface area contributed by atoms with Crippen molar-refractivity contribution in [2.45, 2.75) is 26.4 Å². The number of benzene rings is 2. The summed E-state index contributed by atoms with van der Waals surface area (Å²) in [6.45, 7) is 3.96. The van der Waals surface area contributed by atoms with Crippen LogP contribution in [-0.4, -0.2) is 36.4 Å². The Balaban J connectivity index is 1.62. The molecule has 29 heavy (non-hydrogen) atoms. The fourth-order valence-electron chi connectivity index (χ4n) is 2.92. The van der Waals surface area contributed by atoms with Gasteiger partial charge in [0.05, 0.1) is 17.7 Å². The van der Waals surface area contributed by atoms with E-state index in [0.29, 0.717) is 17.9 Å². The molecule has 0 radical (unpaired) electrons. The Morgan fingerprint density at radius 3 is 2.90 bits per heavy atom. The molecule has 1 atom stereocenters. The number of carbonyl (C=O) groups is 1. The quantitative estimate of drug-likeness (QED) is 0.415. The first-order chi connectivity index (χ1) is 14.0. The number of carbonyl (C=O) groups excluding carboxylic acids is 1. The van der Waals surface area contributed by atoms with E-state index >= 15 is 0 Å². The molecule has 1 aliphatic rings. The number of fused-ring (bicyclic) bond motifs is 1. The van der Waals surface area contributed by atoms with Crippen molar-refractivity contribution in [3.8, 4) is 17.2 Å². The van der Waals surface area contributed by atoms with Crippen LogP contribution in [0.5, 0.6) is 17.2 Å². The topological polar surface area (TPSA) is 112 Å². The first-order valence-corrected chi connectivity index (χ1v) is 9.12. The molecule has 152 valence electrons. The van der Waals surface area contributed by atoms with E-state index < -0.39 is 17.4 Å². The summed E-state index contributed by atoms with van der Waals surface area (Å²) in [4.78, 5) is 22.3. The van der Waals surface area contributed by atoms with E-state index in [-0.39, 0.29) is 17.5 Å². The molecule has 9 heteroatoms.